The molecule has 0 fully saturated rings. The van der Waals surface area contributed by atoms with Crippen molar-refractivity contribution in [1.29, 1.82) is 0 Å². The lowest BCUT2D eigenvalue weighted by Gasteiger charge is -2.20. The summed E-state index contributed by atoms with van der Waals surface area (Å²) in [4.78, 5) is 3.03. The summed E-state index contributed by atoms with van der Waals surface area (Å²) in [7, 11) is 0. The normalized spacial score (nSPS) is 15.4. The van der Waals surface area contributed by atoms with Crippen molar-refractivity contribution in [3.05, 3.63) is 76.6 Å². The van der Waals surface area contributed by atoms with Crippen LogP contribution in [0.4, 0.5) is 14.5 Å². The summed E-state index contributed by atoms with van der Waals surface area (Å²) in [6, 6.07) is 10.6. The number of anilines is 1. The molecule has 3 heterocycles. The van der Waals surface area contributed by atoms with Crippen LogP contribution in [0.5, 0.6) is 0 Å². The number of H-pyrrole nitrogens is 1. The minimum absolute atomic E-state index is 0.0519. The molecule has 0 radical (unpaired) electrons. The molecule has 4 nitrogen and oxygen atoms in total. The molecule has 1 atom stereocenters. The molecular formula is C19H11ClF2N4. The van der Waals surface area contributed by atoms with E-state index in [2.05, 4.69) is 20.5 Å². The molecule has 4 aromatic rings. The molecule has 0 amide bonds. The van der Waals surface area contributed by atoms with Gasteiger partial charge in [0.2, 0.25) is 0 Å². The van der Waals surface area contributed by atoms with E-state index >= 15 is 0 Å². The second-order valence-corrected chi connectivity index (χ2v) is 6.45. The van der Waals surface area contributed by atoms with Crippen LogP contribution in [0.2, 0.25) is 5.15 Å². The number of para-hydroxylation sites is 1. The SMILES string of the molecule is Fc1cccc(F)c1C1Nc2ccccc2-c2c(Cl)nnc3[nH]cc1c23. The highest BCUT2D eigenvalue weighted by Gasteiger charge is 2.31. The van der Waals surface area contributed by atoms with E-state index < -0.39 is 17.7 Å². The number of nitrogens with zero attached hydrogens (tertiary/aromatic N) is 2. The van der Waals surface area contributed by atoms with E-state index in [0.29, 0.717) is 27.8 Å². The van der Waals surface area contributed by atoms with Crippen LogP contribution in [0, 0.1) is 11.6 Å². The number of hydrogen-bond acceptors (Lipinski definition) is 3. The highest BCUT2D eigenvalue weighted by molar-refractivity contribution is 6.34. The van der Waals surface area contributed by atoms with Crippen molar-refractivity contribution >= 4 is 28.3 Å². The maximum Gasteiger partial charge on any atom is 0.161 e. The maximum atomic E-state index is 14.5. The highest BCUT2D eigenvalue weighted by atomic mass is 35.5. The maximum absolute atomic E-state index is 14.5. The van der Waals surface area contributed by atoms with E-state index in [1.165, 1.54) is 18.2 Å². The number of fused-ring (bicyclic) bond motifs is 2. The number of nitrogens with one attached hydrogen (secondary N) is 2. The molecule has 1 aliphatic heterocycles. The number of hydrogen-bond donors (Lipinski definition) is 2. The molecule has 1 unspecified atom stereocenters. The summed E-state index contributed by atoms with van der Waals surface area (Å²) < 4.78 is 29.1. The zero-order chi connectivity index (χ0) is 17.8. The van der Waals surface area contributed by atoms with E-state index in [1.807, 2.05) is 24.3 Å². The summed E-state index contributed by atoms with van der Waals surface area (Å²) >= 11 is 6.36. The first-order chi connectivity index (χ1) is 12.6. The Bertz CT molecular complexity index is 1150. The lowest BCUT2D eigenvalue weighted by Crippen LogP contribution is -2.15. The zero-order valence-corrected chi connectivity index (χ0v) is 14.0. The van der Waals surface area contributed by atoms with Crippen LogP contribution >= 0.6 is 11.6 Å². The molecule has 2 aromatic carbocycles. The minimum Gasteiger partial charge on any atom is -0.373 e. The fourth-order valence-electron chi connectivity index (χ4n) is 3.56. The lowest BCUT2D eigenvalue weighted by molar-refractivity contribution is 0.550. The van der Waals surface area contributed by atoms with Gasteiger partial charge in [-0.3, -0.25) is 0 Å². The van der Waals surface area contributed by atoms with Gasteiger partial charge in [-0.05, 0) is 18.2 Å². The van der Waals surface area contributed by atoms with Crippen LogP contribution in [0.15, 0.2) is 48.7 Å². The monoisotopic (exact) mass is 368 g/mol. The summed E-state index contributed by atoms with van der Waals surface area (Å²) in [5, 5.41) is 12.3. The summed E-state index contributed by atoms with van der Waals surface area (Å²) in [5.74, 6) is -1.24. The van der Waals surface area contributed by atoms with Gasteiger partial charge in [0.1, 0.15) is 11.6 Å². The second-order valence-electron chi connectivity index (χ2n) is 6.09. The van der Waals surface area contributed by atoms with Crippen molar-refractivity contribution in [3.63, 3.8) is 0 Å². The number of halogens is 3. The molecular weight excluding hydrogens is 358 g/mol. The van der Waals surface area contributed by atoms with Crippen LogP contribution in [0.25, 0.3) is 22.2 Å². The van der Waals surface area contributed by atoms with Crippen molar-refractivity contribution in [2.75, 3.05) is 5.32 Å². The van der Waals surface area contributed by atoms with Crippen molar-refractivity contribution in [2.24, 2.45) is 0 Å². The third-order valence-corrected chi connectivity index (χ3v) is 4.94. The van der Waals surface area contributed by atoms with Gasteiger partial charge in [0, 0.05) is 34.0 Å². The molecule has 0 saturated carbocycles. The minimum atomic E-state index is -0.743. The van der Waals surface area contributed by atoms with Crippen LogP contribution in [0.3, 0.4) is 0 Å². The van der Waals surface area contributed by atoms with Crippen LogP contribution in [0.1, 0.15) is 17.2 Å². The van der Waals surface area contributed by atoms with E-state index in [1.54, 1.807) is 6.20 Å². The van der Waals surface area contributed by atoms with Crippen molar-refractivity contribution in [1.82, 2.24) is 15.2 Å². The molecule has 2 N–H and O–H groups in total. The first kappa shape index (κ1) is 15.3. The molecule has 0 aliphatic carbocycles. The number of aromatic nitrogens is 3. The van der Waals surface area contributed by atoms with Gasteiger partial charge in [0.15, 0.2) is 10.8 Å². The lowest BCUT2D eigenvalue weighted by atomic mass is 9.97. The van der Waals surface area contributed by atoms with Crippen LogP contribution < -0.4 is 5.32 Å². The van der Waals surface area contributed by atoms with Crippen LogP contribution in [-0.2, 0) is 0 Å². The van der Waals surface area contributed by atoms with E-state index in [0.717, 1.165) is 5.56 Å². The molecule has 7 heteroatoms. The Balaban J connectivity index is 1.91. The summed E-state index contributed by atoms with van der Waals surface area (Å²) in [6.45, 7) is 0. The molecule has 0 spiro atoms. The third-order valence-electron chi connectivity index (χ3n) is 4.68. The zero-order valence-electron chi connectivity index (χ0n) is 13.2. The standard InChI is InChI=1S/C19H11ClF2N4/c20-18-14-9-4-1-2-7-13(9)24-17(16-11(21)5-3-6-12(16)22)10-8-23-19(15(10)14)26-25-18/h1-8,17,24H,(H,23,26). The number of aromatic amines is 1. The molecule has 1 aliphatic rings. The van der Waals surface area contributed by atoms with Gasteiger partial charge in [0.25, 0.3) is 0 Å². The van der Waals surface area contributed by atoms with Gasteiger partial charge in [-0.15, -0.1) is 10.2 Å². The van der Waals surface area contributed by atoms with Crippen LogP contribution in [-0.4, -0.2) is 15.2 Å². The average molecular weight is 369 g/mol. The number of rotatable bonds is 1. The second kappa shape index (κ2) is 5.51. The smallest absolute Gasteiger partial charge is 0.161 e. The largest absolute Gasteiger partial charge is 0.373 e. The third kappa shape index (κ3) is 2.05. The van der Waals surface area contributed by atoms with E-state index in [9.17, 15) is 8.78 Å². The van der Waals surface area contributed by atoms with E-state index in [-0.39, 0.29) is 10.7 Å². The highest BCUT2D eigenvalue weighted by Crippen LogP contribution is 2.46. The Labute approximate surface area is 151 Å². The van der Waals surface area contributed by atoms with Gasteiger partial charge in [-0.1, -0.05) is 35.9 Å². The predicted molar refractivity (Wildman–Crippen MR) is 96.2 cm³/mol. The molecule has 0 saturated heterocycles. The quantitative estimate of drug-likeness (QED) is 0.493. The van der Waals surface area contributed by atoms with Gasteiger partial charge < -0.3 is 10.3 Å². The van der Waals surface area contributed by atoms with Gasteiger partial charge in [-0.2, -0.15) is 0 Å². The molecule has 26 heavy (non-hydrogen) atoms. The predicted octanol–water partition coefficient (Wildman–Crippen LogP) is 5.07. The number of benzene rings is 2. The summed E-state index contributed by atoms with van der Waals surface area (Å²) in [6.07, 6.45) is 1.69. The van der Waals surface area contributed by atoms with E-state index in [4.69, 9.17) is 11.6 Å². The first-order valence-corrected chi connectivity index (χ1v) is 8.36. The topological polar surface area (TPSA) is 53.6 Å². The fraction of sp³-hybridized carbons (Fsp3) is 0.0526. The van der Waals surface area contributed by atoms with Crippen molar-refractivity contribution in [2.45, 2.75) is 6.04 Å². The Morgan fingerprint density at radius 3 is 2.54 bits per heavy atom. The molecule has 5 rings (SSSR count). The molecule has 2 aromatic heterocycles. The molecule has 0 bridgehead atoms. The van der Waals surface area contributed by atoms with Gasteiger partial charge >= 0.3 is 0 Å². The Morgan fingerprint density at radius 1 is 0.962 bits per heavy atom. The van der Waals surface area contributed by atoms with Gasteiger partial charge in [0.05, 0.1) is 11.6 Å². The Kier molecular flexibility index (Phi) is 3.24. The van der Waals surface area contributed by atoms with Gasteiger partial charge in [-0.25, -0.2) is 8.78 Å². The average Bonchev–Trinajstić information content (AvgIpc) is 2.99. The van der Waals surface area contributed by atoms with Crippen molar-refractivity contribution < 1.29 is 8.78 Å². The molecule has 128 valence electrons. The Hall–Kier alpha value is -2.99. The van der Waals surface area contributed by atoms with Crippen molar-refractivity contribution in [3.8, 4) is 11.1 Å². The first-order valence-electron chi connectivity index (χ1n) is 7.98. The summed E-state index contributed by atoms with van der Waals surface area (Å²) in [5.41, 5.74) is 3.33. The Morgan fingerprint density at radius 2 is 1.73 bits per heavy atom. The fourth-order valence-corrected chi connectivity index (χ4v) is 3.80.